The minimum atomic E-state index is -1.10. The van der Waals surface area contributed by atoms with Crippen LogP contribution in [0, 0.1) is 5.92 Å². The van der Waals surface area contributed by atoms with E-state index in [0.717, 1.165) is 30.4 Å². The van der Waals surface area contributed by atoms with Gasteiger partial charge in [0.15, 0.2) is 0 Å². The van der Waals surface area contributed by atoms with E-state index in [1.165, 1.54) is 10.5 Å². The number of benzene rings is 3. The quantitative estimate of drug-likeness (QED) is 0.540. The maximum absolute atomic E-state index is 13.3. The molecule has 180 valence electrons. The minimum Gasteiger partial charge on any atom is -0.380 e. The minimum absolute atomic E-state index is 0.00782. The monoisotopic (exact) mass is 468 g/mol. The predicted octanol–water partition coefficient (Wildman–Crippen LogP) is 4.53. The maximum Gasteiger partial charge on any atom is 0.251 e. The number of amides is 2. The lowest BCUT2D eigenvalue weighted by atomic mass is 9.72. The van der Waals surface area contributed by atoms with Crippen LogP contribution in [-0.2, 0) is 21.6 Å². The van der Waals surface area contributed by atoms with E-state index >= 15 is 0 Å². The summed E-state index contributed by atoms with van der Waals surface area (Å²) in [6.07, 6.45) is 2.60. The second-order valence-electron chi connectivity index (χ2n) is 9.62. The highest BCUT2D eigenvalue weighted by atomic mass is 16.3. The topological polar surface area (TPSA) is 60.9 Å². The average molecular weight is 469 g/mol. The van der Waals surface area contributed by atoms with Gasteiger partial charge in [-0.25, -0.2) is 4.90 Å². The number of piperidine rings is 1. The first-order valence-corrected chi connectivity index (χ1v) is 12.6. The van der Waals surface area contributed by atoms with Crippen molar-refractivity contribution in [1.82, 2.24) is 4.90 Å². The smallest absolute Gasteiger partial charge is 0.251 e. The van der Waals surface area contributed by atoms with E-state index in [-0.39, 0.29) is 24.2 Å². The lowest BCUT2D eigenvalue weighted by Gasteiger charge is -2.43. The summed E-state index contributed by atoms with van der Waals surface area (Å²) in [5.74, 6) is -0.274. The molecule has 2 saturated heterocycles. The van der Waals surface area contributed by atoms with Crippen molar-refractivity contribution < 1.29 is 14.7 Å². The fraction of sp³-hybridized carbons (Fsp3) is 0.333. The maximum atomic E-state index is 13.3. The van der Waals surface area contributed by atoms with E-state index in [9.17, 15) is 14.7 Å². The summed E-state index contributed by atoms with van der Waals surface area (Å²) in [6.45, 7) is 3.41. The molecule has 5 heteroatoms. The molecule has 5 nitrogen and oxygen atoms in total. The number of rotatable bonds is 6. The predicted molar refractivity (Wildman–Crippen MR) is 137 cm³/mol. The molecule has 1 unspecified atom stereocenters. The lowest BCUT2D eigenvalue weighted by Crippen LogP contribution is -2.49. The molecular formula is C30H32N2O3. The Hall–Kier alpha value is -3.28. The third kappa shape index (κ3) is 4.30. The summed E-state index contributed by atoms with van der Waals surface area (Å²) in [5, 5.41) is 12.1. The summed E-state index contributed by atoms with van der Waals surface area (Å²) in [4.78, 5) is 29.6. The second kappa shape index (κ2) is 9.76. The van der Waals surface area contributed by atoms with Gasteiger partial charge in [-0.15, -0.1) is 0 Å². The number of hydrogen-bond donors (Lipinski definition) is 1. The summed E-state index contributed by atoms with van der Waals surface area (Å²) in [5.41, 5.74) is 2.50. The van der Waals surface area contributed by atoms with Gasteiger partial charge in [0.1, 0.15) is 5.60 Å². The Balaban J connectivity index is 1.33. The highest BCUT2D eigenvalue weighted by Crippen LogP contribution is 2.42. The third-order valence-electron chi connectivity index (χ3n) is 7.71. The Bertz CT molecular complexity index is 1130. The molecule has 0 aliphatic carbocycles. The first-order chi connectivity index (χ1) is 17.0. The van der Waals surface area contributed by atoms with Gasteiger partial charge in [-0.2, -0.15) is 0 Å². The molecule has 1 atom stereocenters. The summed E-state index contributed by atoms with van der Waals surface area (Å²) >= 11 is 0. The van der Waals surface area contributed by atoms with E-state index in [0.29, 0.717) is 18.8 Å². The highest BCUT2D eigenvalue weighted by Gasteiger charge is 2.46. The van der Waals surface area contributed by atoms with Gasteiger partial charge in [0.2, 0.25) is 5.91 Å². The second-order valence-corrected chi connectivity index (χ2v) is 9.62. The van der Waals surface area contributed by atoms with Gasteiger partial charge < -0.3 is 5.11 Å². The number of aliphatic hydroxyl groups is 1. The molecule has 0 bridgehead atoms. The Labute approximate surface area is 207 Å². The van der Waals surface area contributed by atoms with Gasteiger partial charge in [0.25, 0.3) is 5.91 Å². The summed E-state index contributed by atoms with van der Waals surface area (Å²) in [7, 11) is 0. The molecule has 1 N–H and O–H groups in total. The highest BCUT2D eigenvalue weighted by molar-refractivity contribution is 6.22. The molecule has 2 aliphatic heterocycles. The van der Waals surface area contributed by atoms with Crippen molar-refractivity contribution in [2.45, 2.75) is 44.2 Å². The van der Waals surface area contributed by atoms with Crippen molar-refractivity contribution in [3.8, 4) is 0 Å². The largest absolute Gasteiger partial charge is 0.380 e. The SMILES string of the molecule is CCc1ccc(N2C(=O)CC(N3CCC(C(O)(c4ccccc4)c4ccccc4)CC3)C2=O)cc1. The molecule has 5 rings (SSSR count). The van der Waals surface area contributed by atoms with Crippen molar-refractivity contribution in [3.63, 3.8) is 0 Å². The lowest BCUT2D eigenvalue weighted by molar-refractivity contribution is -0.123. The van der Waals surface area contributed by atoms with E-state index in [1.54, 1.807) is 0 Å². The van der Waals surface area contributed by atoms with Gasteiger partial charge in [-0.3, -0.25) is 14.5 Å². The van der Waals surface area contributed by atoms with Crippen LogP contribution >= 0.6 is 0 Å². The molecule has 2 aliphatic rings. The fourth-order valence-electron chi connectivity index (χ4n) is 5.70. The molecule has 0 saturated carbocycles. The average Bonchev–Trinajstić information content (AvgIpc) is 3.22. The number of likely N-dealkylation sites (tertiary alicyclic amines) is 1. The van der Waals surface area contributed by atoms with Crippen LogP contribution in [0.15, 0.2) is 84.9 Å². The molecule has 0 radical (unpaired) electrons. The van der Waals surface area contributed by atoms with Crippen molar-refractivity contribution in [2.24, 2.45) is 5.92 Å². The van der Waals surface area contributed by atoms with Crippen LogP contribution < -0.4 is 4.90 Å². The van der Waals surface area contributed by atoms with Gasteiger partial charge in [-0.1, -0.05) is 79.7 Å². The first-order valence-electron chi connectivity index (χ1n) is 12.6. The zero-order chi connectivity index (χ0) is 24.4. The van der Waals surface area contributed by atoms with E-state index < -0.39 is 11.6 Å². The van der Waals surface area contributed by atoms with Gasteiger partial charge in [0, 0.05) is 0 Å². The van der Waals surface area contributed by atoms with Crippen LogP contribution in [0.4, 0.5) is 5.69 Å². The zero-order valence-corrected chi connectivity index (χ0v) is 20.1. The van der Waals surface area contributed by atoms with Crippen LogP contribution in [-0.4, -0.2) is 41.0 Å². The molecule has 3 aromatic carbocycles. The Morgan fingerprint density at radius 3 is 1.89 bits per heavy atom. The van der Waals surface area contributed by atoms with Crippen molar-refractivity contribution in [1.29, 1.82) is 0 Å². The number of carbonyl (C=O) groups excluding carboxylic acids is 2. The number of imide groups is 1. The normalized spacial score (nSPS) is 19.9. The zero-order valence-electron chi connectivity index (χ0n) is 20.1. The summed E-state index contributed by atoms with van der Waals surface area (Å²) in [6, 6.07) is 27.0. The van der Waals surface area contributed by atoms with Crippen molar-refractivity contribution >= 4 is 17.5 Å². The van der Waals surface area contributed by atoms with Crippen LogP contribution in [0.3, 0.4) is 0 Å². The molecule has 35 heavy (non-hydrogen) atoms. The number of carbonyl (C=O) groups is 2. The fourth-order valence-corrected chi connectivity index (χ4v) is 5.70. The van der Waals surface area contributed by atoms with Crippen LogP contribution in [0.1, 0.15) is 42.9 Å². The number of hydrogen-bond acceptors (Lipinski definition) is 4. The van der Waals surface area contributed by atoms with Crippen LogP contribution in [0.2, 0.25) is 0 Å². The molecular weight excluding hydrogens is 436 g/mol. The third-order valence-corrected chi connectivity index (χ3v) is 7.71. The van der Waals surface area contributed by atoms with E-state index in [1.807, 2.05) is 84.9 Å². The van der Waals surface area contributed by atoms with E-state index in [2.05, 4.69) is 11.8 Å². The van der Waals surface area contributed by atoms with Gasteiger partial charge in [0.05, 0.1) is 18.2 Å². The summed E-state index contributed by atoms with van der Waals surface area (Å²) < 4.78 is 0. The molecule has 2 amide bonds. The Morgan fingerprint density at radius 1 is 0.829 bits per heavy atom. The standard InChI is InChI=1S/C30H32N2O3/c1-2-22-13-15-26(16-14-22)32-28(33)21-27(29(32)34)31-19-17-25(18-20-31)30(35,23-9-5-3-6-10-23)24-11-7-4-8-12-24/h3-16,25,27,35H,2,17-21H2,1H3. The van der Waals surface area contributed by atoms with Gasteiger partial charge in [-0.05, 0) is 67.1 Å². The van der Waals surface area contributed by atoms with Crippen LogP contribution in [0.25, 0.3) is 0 Å². The van der Waals surface area contributed by atoms with Gasteiger partial charge >= 0.3 is 0 Å². The van der Waals surface area contributed by atoms with Crippen molar-refractivity contribution in [2.75, 3.05) is 18.0 Å². The molecule has 2 fully saturated rings. The first kappa shape index (κ1) is 23.5. The Kier molecular flexibility index (Phi) is 6.54. The molecule has 0 spiro atoms. The number of anilines is 1. The Morgan fingerprint density at radius 2 is 1.37 bits per heavy atom. The molecule has 2 heterocycles. The molecule has 3 aromatic rings. The number of aryl methyl sites for hydroxylation is 1. The van der Waals surface area contributed by atoms with E-state index in [4.69, 9.17) is 0 Å². The number of nitrogens with zero attached hydrogens (tertiary/aromatic N) is 2. The molecule has 0 aromatic heterocycles. The van der Waals surface area contributed by atoms with Crippen molar-refractivity contribution in [3.05, 3.63) is 102 Å². The van der Waals surface area contributed by atoms with Crippen LogP contribution in [0.5, 0.6) is 0 Å².